The molecule has 0 saturated carbocycles. The number of thioether (sulfide) groups is 1. The zero-order chi connectivity index (χ0) is 92.9. The molecule has 44 heteroatoms. The van der Waals surface area contributed by atoms with Crippen molar-refractivity contribution in [2.24, 2.45) is 40.7 Å². The minimum absolute atomic E-state index is 0.00451. The van der Waals surface area contributed by atoms with E-state index in [1.54, 1.807) is 109 Å². The van der Waals surface area contributed by atoms with Crippen LogP contribution in [0.15, 0.2) is 85.2 Å². The number of thiol groups is 2. The first-order valence-electron chi connectivity index (χ1n) is 40.5. The van der Waals surface area contributed by atoms with Crippen molar-refractivity contribution in [1.82, 2.24) is 84.4 Å². The molecular formula is C81H117N21O20S3. The number of aliphatic carboxylic acids is 2. The van der Waals surface area contributed by atoms with Gasteiger partial charge in [-0.15, -0.1) is 0 Å². The highest BCUT2D eigenvalue weighted by molar-refractivity contribution is 7.98. The maximum Gasteiger partial charge on any atom is 0.326 e. The number of phenolic OH excluding ortho intramolecular Hbond substituents is 1. The van der Waals surface area contributed by atoms with Gasteiger partial charge < -0.3 is 123 Å². The number of hydrogen-bond acceptors (Lipinski definition) is 23. The van der Waals surface area contributed by atoms with E-state index in [0.29, 0.717) is 44.2 Å². The number of phenols is 1. The topological polar surface area (TPSA) is 679 Å². The predicted molar refractivity (Wildman–Crippen MR) is 470 cm³/mol. The number of guanidine groups is 1. The van der Waals surface area contributed by atoms with E-state index in [2.05, 4.69) is 110 Å². The average molecular weight is 1800 g/mol. The zero-order valence-corrected chi connectivity index (χ0v) is 73.0. The van der Waals surface area contributed by atoms with Crippen molar-refractivity contribution in [3.8, 4) is 5.75 Å². The summed E-state index contributed by atoms with van der Waals surface area (Å²) in [6, 6.07) is -0.00279. The molecule has 0 unspecified atom stereocenters. The SMILES string of the molecule is CC[C@H](C)[C@H](NC(=O)[C@H](CCCNC(=N)N)NC(=O)[C@H](CS)NC(=O)[C@H](Cc1c[nH]c2ccccc12)NC(=O)[C@H](Cc1ccc(O)cc1)NC(=O)[C@@H](N)CCC(=O)O)C(=O)N[C@@H](Cc1c[nH]c2ccccc12)C(=O)NCC(=O)N[C@@H](CC(C)C)C(=O)N[C@@H](CCC(N)=O)C(=O)N[C@@H](CS)C(=O)N[C@@H](CC(N)=O)C(=O)N[C@@H](CCSC)C(=O)N[C@H](C(=O)O)C(C)C. The van der Waals surface area contributed by atoms with Crippen molar-refractivity contribution < 1.29 is 96.8 Å². The number of aromatic amines is 2. The van der Waals surface area contributed by atoms with Gasteiger partial charge in [0.05, 0.1) is 19.0 Å². The Labute approximate surface area is 736 Å². The van der Waals surface area contributed by atoms with E-state index in [-0.39, 0.29) is 76.0 Å². The number of H-pyrrole nitrogens is 2. The summed E-state index contributed by atoms with van der Waals surface area (Å²) in [5, 5.41) is 73.8. The second-order valence-corrected chi connectivity index (χ2v) is 32.5. The molecule has 0 fully saturated rings. The first kappa shape index (κ1) is 103. The smallest absolute Gasteiger partial charge is 0.326 e. The van der Waals surface area contributed by atoms with Gasteiger partial charge in [0.2, 0.25) is 88.6 Å². The lowest BCUT2D eigenvalue weighted by atomic mass is 9.96. The second kappa shape index (κ2) is 51.8. The Morgan fingerprint density at radius 3 is 1.40 bits per heavy atom. The molecule has 5 aromatic rings. The number of benzene rings is 3. The van der Waals surface area contributed by atoms with Gasteiger partial charge in [-0.25, -0.2) is 4.79 Å². The van der Waals surface area contributed by atoms with E-state index in [1.165, 1.54) is 36.0 Å². The number of aromatic nitrogens is 2. The second-order valence-electron chi connectivity index (χ2n) is 30.8. The van der Waals surface area contributed by atoms with Crippen LogP contribution in [0.2, 0.25) is 0 Å². The fourth-order valence-electron chi connectivity index (χ4n) is 13.0. The van der Waals surface area contributed by atoms with Crippen LogP contribution in [-0.4, -0.2) is 247 Å². The summed E-state index contributed by atoms with van der Waals surface area (Å²) in [6.45, 7) is 9.01. The number of nitrogens with one attached hydrogen (secondary N) is 17. The average Bonchev–Trinajstić information content (AvgIpc) is 1.70. The van der Waals surface area contributed by atoms with Crippen molar-refractivity contribution in [1.29, 1.82) is 5.41 Å². The number of primary amides is 2. The molecule has 0 spiro atoms. The number of aromatic hydroxyl groups is 1. The molecule has 3 aromatic carbocycles. The van der Waals surface area contributed by atoms with Gasteiger partial charge in [-0.1, -0.05) is 96.5 Å². The molecular weight excluding hydrogens is 1680 g/mol. The number of carbonyl (C=O) groups is 17. The van der Waals surface area contributed by atoms with Crippen LogP contribution < -0.4 is 97.4 Å². The number of fused-ring (bicyclic) bond motifs is 2. The summed E-state index contributed by atoms with van der Waals surface area (Å²) in [6.07, 6.45) is 1.65. The lowest BCUT2D eigenvalue weighted by molar-refractivity contribution is -0.143. The summed E-state index contributed by atoms with van der Waals surface area (Å²) >= 11 is 9.92. The highest BCUT2D eigenvalue weighted by atomic mass is 32.2. The van der Waals surface area contributed by atoms with Crippen molar-refractivity contribution in [3.05, 3.63) is 102 Å². The molecule has 684 valence electrons. The summed E-state index contributed by atoms with van der Waals surface area (Å²) < 4.78 is 0. The largest absolute Gasteiger partial charge is 0.508 e. The highest BCUT2D eigenvalue weighted by Gasteiger charge is 2.39. The van der Waals surface area contributed by atoms with E-state index in [9.17, 15) is 92.0 Å². The summed E-state index contributed by atoms with van der Waals surface area (Å²) in [5.74, 6) is -20.0. The number of nitrogens with two attached hydrogens (primary N) is 4. The van der Waals surface area contributed by atoms with E-state index >= 15 is 4.79 Å². The molecule has 125 heavy (non-hydrogen) atoms. The quantitative estimate of drug-likeness (QED) is 0.00819. The van der Waals surface area contributed by atoms with Crippen molar-refractivity contribution in [3.63, 3.8) is 0 Å². The molecule has 0 aliphatic heterocycles. The van der Waals surface area contributed by atoms with Crippen molar-refractivity contribution >= 4 is 165 Å². The van der Waals surface area contributed by atoms with Crippen molar-refractivity contribution in [2.75, 3.05) is 36.6 Å². The van der Waals surface area contributed by atoms with E-state index in [0.717, 1.165) is 0 Å². The predicted octanol–water partition coefficient (Wildman–Crippen LogP) is -2.64. The summed E-state index contributed by atoms with van der Waals surface area (Å²) in [4.78, 5) is 240. The van der Waals surface area contributed by atoms with Gasteiger partial charge in [-0.05, 0) is 109 Å². The number of carbonyl (C=O) groups excluding carboxylic acids is 15. The Balaban J connectivity index is 1.38. The van der Waals surface area contributed by atoms with E-state index in [1.807, 2.05) is 0 Å². The number of rotatable bonds is 55. The van der Waals surface area contributed by atoms with Crippen LogP contribution in [0.1, 0.15) is 122 Å². The fraction of sp³-hybridized carbons (Fsp3) is 0.506. The molecule has 15 amide bonds. The van der Waals surface area contributed by atoms with E-state index in [4.69, 9.17) is 28.3 Å². The van der Waals surface area contributed by atoms with Crippen LogP contribution in [0.25, 0.3) is 21.8 Å². The molecule has 0 aliphatic carbocycles. The Kier molecular flexibility index (Phi) is 42.8. The van der Waals surface area contributed by atoms with Crippen LogP contribution >= 0.6 is 37.0 Å². The Hall–Kier alpha value is -12.2. The number of para-hydroxylation sites is 2. The molecule has 0 bridgehead atoms. The summed E-state index contributed by atoms with van der Waals surface area (Å²) in [5.41, 5.74) is 25.4. The van der Waals surface area contributed by atoms with Gasteiger partial charge in [-0.3, -0.25) is 82.1 Å². The van der Waals surface area contributed by atoms with Gasteiger partial charge in [0, 0.05) is 84.4 Å². The summed E-state index contributed by atoms with van der Waals surface area (Å²) in [7, 11) is 0. The molecule has 14 atom stereocenters. The van der Waals surface area contributed by atoms with Gasteiger partial charge in [0.1, 0.15) is 78.3 Å². The van der Waals surface area contributed by atoms with Crippen LogP contribution in [0, 0.1) is 23.2 Å². The van der Waals surface area contributed by atoms with Gasteiger partial charge in [-0.2, -0.15) is 37.0 Å². The molecule has 0 radical (unpaired) electrons. The molecule has 28 N–H and O–H groups in total. The molecule has 2 heterocycles. The third-order valence-electron chi connectivity index (χ3n) is 20.1. The third-order valence-corrected chi connectivity index (χ3v) is 21.5. The zero-order valence-electron chi connectivity index (χ0n) is 70.4. The van der Waals surface area contributed by atoms with Gasteiger partial charge >= 0.3 is 11.9 Å². The molecule has 5 rings (SSSR count). The highest BCUT2D eigenvalue weighted by Crippen LogP contribution is 2.23. The van der Waals surface area contributed by atoms with Crippen LogP contribution in [0.5, 0.6) is 5.75 Å². The Morgan fingerprint density at radius 2 is 0.912 bits per heavy atom. The molecule has 0 saturated heterocycles. The normalized spacial score (nSPS) is 14.6. The van der Waals surface area contributed by atoms with Crippen LogP contribution in [-0.2, 0) is 101 Å². The van der Waals surface area contributed by atoms with Crippen LogP contribution in [0.3, 0.4) is 0 Å². The maximum atomic E-state index is 15.0. The number of carboxylic acid groups (broad SMARTS) is 2. The lowest BCUT2D eigenvalue weighted by Gasteiger charge is -2.29. The van der Waals surface area contributed by atoms with Gasteiger partial charge in [0.25, 0.3) is 0 Å². The minimum Gasteiger partial charge on any atom is -0.508 e. The first-order valence-corrected chi connectivity index (χ1v) is 43.2. The molecule has 41 nitrogen and oxygen atoms in total. The third kappa shape index (κ3) is 34.5. The van der Waals surface area contributed by atoms with E-state index < -0.39 is 241 Å². The minimum atomic E-state index is -1.77. The number of amides is 15. The van der Waals surface area contributed by atoms with Crippen LogP contribution in [0.4, 0.5) is 0 Å². The molecule has 0 aliphatic rings. The standard InChI is InChI=1S/C81H117N21O20S3/c1-8-42(6)67(102-71(112)52(18-13-28-87-81(85)86)92-77(118)60(38-123)100-75(116)58(33-45-36-89-51-17-12-10-15-48(45)51)96-74(115)56(31-43-19-21-46(103)22-20-43)95-68(109)49(82)23-26-65(107)108)79(120)98-57(32-44-35-88-50-16-11-9-14-47(44)50)69(110)90-37-64(106)91-55(30-40(2)3)73(114)93-53(24-25-62(83)104)70(111)99-61(39-124)78(119)97-59(34-63(84)105)76(117)94-54(27-29-125-7)72(113)101-66(41(4)5)80(121)122/h9-12,14-17,19-22,35-36,40-42,49,52-61,66-67,88-89,103,123-124H,8,13,18,23-34,37-39,82H2,1-7H3,(H2,83,104)(H2,84,105)(H,90,110)(H,91,106)(H,92,118)(H,93,114)(H,94,117)(H,95,109)(H,96,115)(H,97,119)(H,98,120)(H,99,111)(H,100,116)(H,101,113)(H,102,112)(H,107,108)(H,121,122)(H4,85,86,87)/t42-,49-,52-,53-,54-,55-,56-,57-,58-,59-,60-,61-,66-,67-/m0/s1. The molecule has 2 aromatic heterocycles. The Morgan fingerprint density at radius 1 is 0.472 bits per heavy atom. The van der Waals surface area contributed by atoms with Gasteiger partial charge in [0.15, 0.2) is 5.96 Å². The lowest BCUT2D eigenvalue weighted by Crippen LogP contribution is -2.61. The van der Waals surface area contributed by atoms with Crippen molar-refractivity contribution in [2.45, 2.75) is 204 Å². The maximum absolute atomic E-state index is 15.0. The Bertz CT molecular complexity index is 4610. The first-order chi connectivity index (χ1) is 59.2. The monoisotopic (exact) mass is 1800 g/mol. The fourth-order valence-corrected chi connectivity index (χ4v) is 14.0. The number of hydrogen-bond donors (Lipinski definition) is 26. The number of carboxylic acids is 2.